The lowest BCUT2D eigenvalue weighted by Gasteiger charge is -2.10. The normalized spacial score (nSPS) is 10.8. The summed E-state index contributed by atoms with van der Waals surface area (Å²) in [7, 11) is 0. The number of carbonyl (C=O) groups excluding carboxylic acids is 1. The molecule has 3 aromatic carbocycles. The van der Waals surface area contributed by atoms with Gasteiger partial charge in [-0.3, -0.25) is 9.79 Å². The van der Waals surface area contributed by atoms with E-state index in [1.807, 2.05) is 74.5 Å². The molecule has 3 rings (SSSR count). The van der Waals surface area contributed by atoms with Gasteiger partial charge in [0, 0.05) is 22.5 Å². The Morgan fingerprint density at radius 3 is 2.57 bits per heavy atom. The summed E-state index contributed by atoms with van der Waals surface area (Å²) in [6, 6.07) is 20.7. The van der Waals surface area contributed by atoms with Crippen LogP contribution in [0.1, 0.15) is 16.7 Å². The first-order valence-electron chi connectivity index (χ1n) is 8.90. The van der Waals surface area contributed by atoms with Gasteiger partial charge in [0.15, 0.2) is 6.61 Å². The van der Waals surface area contributed by atoms with Gasteiger partial charge in [-0.15, -0.1) is 0 Å². The molecule has 0 saturated heterocycles. The molecule has 0 aliphatic carbocycles. The van der Waals surface area contributed by atoms with E-state index in [0.29, 0.717) is 16.5 Å². The van der Waals surface area contributed by atoms with Gasteiger partial charge in [0.1, 0.15) is 5.75 Å². The average molecular weight is 393 g/mol. The Hall–Kier alpha value is -3.11. The maximum atomic E-state index is 12.2. The summed E-state index contributed by atoms with van der Waals surface area (Å²) in [6.07, 6.45) is 1.75. The second-order valence-electron chi connectivity index (χ2n) is 6.38. The number of halogens is 1. The van der Waals surface area contributed by atoms with Crippen molar-refractivity contribution in [2.24, 2.45) is 4.99 Å². The zero-order valence-corrected chi connectivity index (χ0v) is 16.5. The fraction of sp³-hybridized carbons (Fsp3) is 0.130. The first-order chi connectivity index (χ1) is 13.5. The number of nitrogens with one attached hydrogen (secondary N) is 1. The van der Waals surface area contributed by atoms with Crippen LogP contribution in [0.3, 0.4) is 0 Å². The van der Waals surface area contributed by atoms with E-state index in [0.717, 1.165) is 22.4 Å². The minimum absolute atomic E-state index is 0.110. The van der Waals surface area contributed by atoms with Gasteiger partial charge in [-0.25, -0.2) is 0 Å². The van der Waals surface area contributed by atoms with Gasteiger partial charge in [0.25, 0.3) is 5.91 Å². The van der Waals surface area contributed by atoms with E-state index in [9.17, 15) is 4.79 Å². The third kappa shape index (κ3) is 5.21. The standard InChI is InChI=1S/C23H21ClN2O2/c1-16-11-12-19(13-20(16)24)26-23(27)15-28-22-10-6-4-8-18(22)14-25-21-9-5-3-7-17(21)2/h3-14H,15H2,1-2H3,(H,26,27). The van der Waals surface area contributed by atoms with Crippen LogP contribution < -0.4 is 10.1 Å². The SMILES string of the molecule is Cc1ccc(NC(=O)COc2ccccc2C=Nc2ccccc2C)cc1Cl. The number of aliphatic imine (C=N–C) groups is 1. The van der Waals surface area contributed by atoms with Gasteiger partial charge in [-0.1, -0.05) is 48.0 Å². The van der Waals surface area contributed by atoms with Gasteiger partial charge in [0.05, 0.1) is 5.69 Å². The highest BCUT2D eigenvalue weighted by Gasteiger charge is 2.07. The van der Waals surface area contributed by atoms with E-state index in [4.69, 9.17) is 16.3 Å². The molecule has 3 aromatic rings. The molecule has 0 aromatic heterocycles. The number of hydrogen-bond donors (Lipinski definition) is 1. The summed E-state index contributed by atoms with van der Waals surface area (Å²) < 4.78 is 5.71. The van der Waals surface area contributed by atoms with Crippen molar-refractivity contribution in [2.75, 3.05) is 11.9 Å². The number of anilines is 1. The van der Waals surface area contributed by atoms with Crippen molar-refractivity contribution in [3.05, 3.63) is 88.4 Å². The lowest BCUT2D eigenvalue weighted by atomic mass is 10.2. The monoisotopic (exact) mass is 392 g/mol. The first-order valence-corrected chi connectivity index (χ1v) is 9.28. The number of ether oxygens (including phenoxy) is 1. The Kier molecular flexibility index (Phi) is 6.45. The van der Waals surface area contributed by atoms with Gasteiger partial charge in [0.2, 0.25) is 0 Å². The molecule has 1 N–H and O–H groups in total. The number of aryl methyl sites for hydroxylation is 2. The van der Waals surface area contributed by atoms with E-state index in [1.54, 1.807) is 12.3 Å². The van der Waals surface area contributed by atoms with E-state index >= 15 is 0 Å². The molecule has 0 radical (unpaired) electrons. The van der Waals surface area contributed by atoms with E-state index < -0.39 is 0 Å². The Morgan fingerprint density at radius 2 is 1.79 bits per heavy atom. The van der Waals surface area contributed by atoms with Crippen molar-refractivity contribution in [3.8, 4) is 5.75 Å². The molecule has 0 unspecified atom stereocenters. The van der Waals surface area contributed by atoms with Crippen molar-refractivity contribution in [2.45, 2.75) is 13.8 Å². The summed E-state index contributed by atoms with van der Waals surface area (Å²) in [5.74, 6) is 0.336. The number of para-hydroxylation sites is 2. The molecular formula is C23H21ClN2O2. The molecule has 0 bridgehead atoms. The predicted molar refractivity (Wildman–Crippen MR) is 115 cm³/mol. The number of carbonyl (C=O) groups is 1. The molecule has 0 aliphatic heterocycles. The summed E-state index contributed by atoms with van der Waals surface area (Å²) in [5, 5.41) is 3.39. The molecule has 0 heterocycles. The molecule has 5 heteroatoms. The largest absolute Gasteiger partial charge is 0.483 e. The molecule has 142 valence electrons. The van der Waals surface area contributed by atoms with Crippen molar-refractivity contribution < 1.29 is 9.53 Å². The number of nitrogens with zero attached hydrogens (tertiary/aromatic N) is 1. The number of hydrogen-bond acceptors (Lipinski definition) is 3. The minimum atomic E-state index is -0.259. The van der Waals surface area contributed by atoms with Crippen LogP contribution in [0.15, 0.2) is 71.7 Å². The van der Waals surface area contributed by atoms with Gasteiger partial charge in [-0.05, 0) is 55.3 Å². The Labute approximate surface area is 169 Å². The smallest absolute Gasteiger partial charge is 0.262 e. The van der Waals surface area contributed by atoms with Crippen LogP contribution in [-0.2, 0) is 4.79 Å². The minimum Gasteiger partial charge on any atom is -0.483 e. The van der Waals surface area contributed by atoms with Crippen LogP contribution in [0.2, 0.25) is 5.02 Å². The Bertz CT molecular complexity index is 1010. The third-order valence-corrected chi connectivity index (χ3v) is 4.60. The van der Waals surface area contributed by atoms with Crippen LogP contribution >= 0.6 is 11.6 Å². The maximum Gasteiger partial charge on any atom is 0.262 e. The number of amides is 1. The van der Waals surface area contributed by atoms with Crippen molar-refractivity contribution in [3.63, 3.8) is 0 Å². The number of rotatable bonds is 6. The van der Waals surface area contributed by atoms with Gasteiger partial charge < -0.3 is 10.1 Å². The van der Waals surface area contributed by atoms with Crippen molar-refractivity contribution in [1.29, 1.82) is 0 Å². The van der Waals surface area contributed by atoms with Crippen LogP contribution in [0.4, 0.5) is 11.4 Å². The molecule has 4 nitrogen and oxygen atoms in total. The first kappa shape index (κ1) is 19.6. The lowest BCUT2D eigenvalue weighted by molar-refractivity contribution is -0.118. The van der Waals surface area contributed by atoms with E-state index in [-0.39, 0.29) is 12.5 Å². The average Bonchev–Trinajstić information content (AvgIpc) is 2.69. The second kappa shape index (κ2) is 9.20. The van der Waals surface area contributed by atoms with Gasteiger partial charge in [-0.2, -0.15) is 0 Å². The van der Waals surface area contributed by atoms with Crippen LogP contribution in [-0.4, -0.2) is 18.7 Å². The predicted octanol–water partition coefficient (Wildman–Crippen LogP) is 5.72. The second-order valence-corrected chi connectivity index (χ2v) is 6.79. The topological polar surface area (TPSA) is 50.7 Å². The molecule has 0 spiro atoms. The highest BCUT2D eigenvalue weighted by Crippen LogP contribution is 2.21. The zero-order valence-electron chi connectivity index (χ0n) is 15.8. The summed E-state index contributed by atoms with van der Waals surface area (Å²) in [6.45, 7) is 3.81. The molecular weight excluding hydrogens is 372 g/mol. The van der Waals surface area contributed by atoms with Gasteiger partial charge >= 0.3 is 0 Å². The Balaban J connectivity index is 1.65. The third-order valence-electron chi connectivity index (χ3n) is 4.19. The summed E-state index contributed by atoms with van der Waals surface area (Å²) in [5.41, 5.74) is 4.38. The highest BCUT2D eigenvalue weighted by molar-refractivity contribution is 6.31. The molecule has 1 amide bonds. The maximum absolute atomic E-state index is 12.2. The molecule has 0 atom stereocenters. The quantitative estimate of drug-likeness (QED) is 0.545. The van der Waals surface area contributed by atoms with E-state index in [2.05, 4.69) is 10.3 Å². The molecule has 0 saturated carbocycles. The fourth-order valence-corrected chi connectivity index (χ4v) is 2.76. The van der Waals surface area contributed by atoms with Crippen molar-refractivity contribution >= 4 is 35.1 Å². The molecule has 0 aliphatic rings. The molecule has 0 fully saturated rings. The lowest BCUT2D eigenvalue weighted by Crippen LogP contribution is -2.20. The number of benzene rings is 3. The highest BCUT2D eigenvalue weighted by atomic mass is 35.5. The van der Waals surface area contributed by atoms with Crippen LogP contribution in [0.5, 0.6) is 5.75 Å². The fourth-order valence-electron chi connectivity index (χ4n) is 2.58. The Morgan fingerprint density at radius 1 is 1.04 bits per heavy atom. The zero-order chi connectivity index (χ0) is 19.9. The van der Waals surface area contributed by atoms with E-state index in [1.165, 1.54) is 0 Å². The van der Waals surface area contributed by atoms with Crippen LogP contribution in [0.25, 0.3) is 0 Å². The molecule has 28 heavy (non-hydrogen) atoms. The summed E-state index contributed by atoms with van der Waals surface area (Å²) >= 11 is 6.09. The summed E-state index contributed by atoms with van der Waals surface area (Å²) in [4.78, 5) is 16.7. The van der Waals surface area contributed by atoms with Crippen molar-refractivity contribution in [1.82, 2.24) is 0 Å². The van der Waals surface area contributed by atoms with Crippen LogP contribution in [0, 0.1) is 13.8 Å².